The molecule has 0 aliphatic carbocycles. The fourth-order valence-corrected chi connectivity index (χ4v) is 4.07. The quantitative estimate of drug-likeness (QED) is 0.647. The summed E-state index contributed by atoms with van der Waals surface area (Å²) < 4.78 is 14.9. The number of H-pyrrole nitrogens is 1. The van der Waals surface area contributed by atoms with Gasteiger partial charge in [0.2, 0.25) is 0 Å². The molecular weight excluding hydrogens is 351 g/mol. The number of carbonyl (C=O) groups excluding carboxylic acids is 1. The van der Waals surface area contributed by atoms with Crippen LogP contribution in [0.25, 0.3) is 22.0 Å². The number of rotatable bonds is 3. The summed E-state index contributed by atoms with van der Waals surface area (Å²) in [4.78, 5) is 15.4. The Hall–Kier alpha value is -2.43. The molecule has 0 saturated carbocycles. The number of hydrogen-bond donors (Lipinski definition) is 2. The zero-order valence-corrected chi connectivity index (χ0v) is 15.1. The second-order valence-corrected chi connectivity index (χ2v) is 6.90. The number of aromatic amines is 1. The van der Waals surface area contributed by atoms with Crippen molar-refractivity contribution in [3.8, 4) is 11.1 Å². The Morgan fingerprint density at radius 3 is 2.92 bits per heavy atom. The van der Waals surface area contributed by atoms with Crippen LogP contribution in [0, 0.1) is 12.7 Å². The predicted molar refractivity (Wildman–Crippen MR) is 103 cm³/mol. The van der Waals surface area contributed by atoms with E-state index in [9.17, 15) is 9.18 Å². The lowest BCUT2D eigenvalue weighted by molar-refractivity contribution is -0.116. The first kappa shape index (κ1) is 17.0. The van der Waals surface area contributed by atoms with Gasteiger partial charge in [-0.25, -0.2) is 4.39 Å². The molecule has 0 fully saturated rings. The molecular formula is C21H18ClFN2O. The highest BCUT2D eigenvalue weighted by molar-refractivity contribution is 6.37. The van der Waals surface area contributed by atoms with Gasteiger partial charge in [0.25, 0.3) is 0 Å². The van der Waals surface area contributed by atoms with Gasteiger partial charge in [-0.1, -0.05) is 36.4 Å². The van der Waals surface area contributed by atoms with Crippen molar-refractivity contribution < 1.29 is 9.18 Å². The van der Waals surface area contributed by atoms with Crippen LogP contribution in [0.5, 0.6) is 0 Å². The van der Waals surface area contributed by atoms with Crippen LogP contribution >= 0.6 is 11.6 Å². The van der Waals surface area contributed by atoms with Gasteiger partial charge in [0.1, 0.15) is 5.82 Å². The van der Waals surface area contributed by atoms with E-state index in [-0.39, 0.29) is 11.6 Å². The average Bonchev–Trinajstić information content (AvgIpc) is 2.95. The molecule has 3 aromatic rings. The molecule has 1 aliphatic rings. The standard InChI is InChI=1S/C21H18ClFN2O/c1-3-17(26)21-14-6-4-5-13(12(14)9-10-24-21)18-15(23)7-8-16-19(18)20(22)11(2)25-16/h3-8,21,24-25H,1,9-10H2,2H3/t21-/m1/s1. The minimum atomic E-state index is -0.443. The van der Waals surface area contributed by atoms with E-state index < -0.39 is 6.04 Å². The van der Waals surface area contributed by atoms with Gasteiger partial charge >= 0.3 is 0 Å². The first-order valence-corrected chi connectivity index (χ1v) is 8.88. The number of halogens is 2. The van der Waals surface area contributed by atoms with E-state index >= 15 is 0 Å². The lowest BCUT2D eigenvalue weighted by Crippen LogP contribution is -2.34. The van der Waals surface area contributed by atoms with Gasteiger partial charge in [-0.3, -0.25) is 4.79 Å². The lowest BCUT2D eigenvalue weighted by Gasteiger charge is -2.27. The Labute approximate surface area is 155 Å². The number of nitrogens with one attached hydrogen (secondary N) is 2. The number of ketones is 1. The molecule has 0 radical (unpaired) electrons. The second kappa shape index (κ2) is 6.38. The van der Waals surface area contributed by atoms with Crippen molar-refractivity contribution in [3.63, 3.8) is 0 Å². The predicted octanol–water partition coefficient (Wildman–Crippen LogP) is 4.88. The van der Waals surface area contributed by atoms with Gasteiger partial charge in [0.15, 0.2) is 5.78 Å². The highest BCUT2D eigenvalue weighted by Crippen LogP contribution is 2.41. The van der Waals surface area contributed by atoms with Gasteiger partial charge in [-0.2, -0.15) is 0 Å². The Morgan fingerprint density at radius 2 is 2.15 bits per heavy atom. The smallest absolute Gasteiger partial charge is 0.176 e. The zero-order valence-electron chi connectivity index (χ0n) is 14.3. The van der Waals surface area contributed by atoms with Crippen molar-refractivity contribution in [3.05, 3.63) is 70.6 Å². The Bertz CT molecular complexity index is 1050. The largest absolute Gasteiger partial charge is 0.357 e. The second-order valence-electron chi connectivity index (χ2n) is 6.53. The van der Waals surface area contributed by atoms with Crippen molar-refractivity contribution >= 4 is 28.3 Å². The molecule has 1 aromatic heterocycles. The van der Waals surface area contributed by atoms with Crippen LogP contribution in [0.3, 0.4) is 0 Å². The normalized spacial score (nSPS) is 16.5. The summed E-state index contributed by atoms with van der Waals surface area (Å²) in [6.45, 7) is 6.10. The van der Waals surface area contributed by atoms with Crippen LogP contribution in [0.4, 0.5) is 4.39 Å². The van der Waals surface area contributed by atoms with E-state index in [1.54, 1.807) is 6.07 Å². The van der Waals surface area contributed by atoms with Gasteiger partial charge in [-0.05, 0) is 48.2 Å². The van der Waals surface area contributed by atoms with E-state index in [1.807, 2.05) is 25.1 Å². The molecule has 5 heteroatoms. The van der Waals surface area contributed by atoms with Crippen LogP contribution in [-0.2, 0) is 11.2 Å². The number of aromatic nitrogens is 1. The molecule has 0 bridgehead atoms. The van der Waals surface area contributed by atoms with Crippen LogP contribution in [-0.4, -0.2) is 17.3 Å². The van der Waals surface area contributed by atoms with Crippen molar-refractivity contribution in [1.29, 1.82) is 0 Å². The van der Waals surface area contributed by atoms with E-state index in [0.717, 1.165) is 27.9 Å². The maximum Gasteiger partial charge on any atom is 0.176 e. The minimum absolute atomic E-state index is 0.0858. The zero-order chi connectivity index (χ0) is 18.4. The van der Waals surface area contributed by atoms with E-state index in [4.69, 9.17) is 11.6 Å². The summed E-state index contributed by atoms with van der Waals surface area (Å²) >= 11 is 6.48. The van der Waals surface area contributed by atoms with Gasteiger partial charge < -0.3 is 10.3 Å². The van der Waals surface area contributed by atoms with E-state index in [0.29, 0.717) is 28.9 Å². The lowest BCUT2D eigenvalue weighted by atomic mass is 9.85. The molecule has 0 amide bonds. The minimum Gasteiger partial charge on any atom is -0.357 e. The monoisotopic (exact) mass is 368 g/mol. The molecule has 0 saturated heterocycles. The number of fused-ring (bicyclic) bond motifs is 2. The van der Waals surface area contributed by atoms with Crippen LogP contribution in [0.2, 0.25) is 5.02 Å². The Kier molecular flexibility index (Phi) is 4.17. The maximum absolute atomic E-state index is 14.9. The summed E-state index contributed by atoms with van der Waals surface area (Å²) in [5.74, 6) is -0.408. The molecule has 0 spiro atoms. The topological polar surface area (TPSA) is 44.9 Å². The van der Waals surface area contributed by atoms with Crippen LogP contribution < -0.4 is 5.32 Å². The highest BCUT2D eigenvalue weighted by Gasteiger charge is 2.27. The number of aryl methyl sites for hydroxylation is 1. The first-order valence-electron chi connectivity index (χ1n) is 8.51. The Morgan fingerprint density at radius 1 is 1.35 bits per heavy atom. The SMILES string of the molecule is C=CC(=O)[C@@H]1NCCc2c(-c3c(F)ccc4[nH]c(C)c(Cl)c34)cccc21. The molecule has 0 unspecified atom stereocenters. The van der Waals surface area contributed by atoms with Crippen molar-refractivity contribution in [2.45, 2.75) is 19.4 Å². The van der Waals surface area contributed by atoms with E-state index in [2.05, 4.69) is 16.9 Å². The Balaban J connectivity index is 2.02. The van der Waals surface area contributed by atoms with E-state index in [1.165, 1.54) is 12.1 Å². The number of carbonyl (C=O) groups is 1. The fraction of sp³-hybridized carbons (Fsp3) is 0.190. The molecule has 132 valence electrons. The van der Waals surface area contributed by atoms with Gasteiger partial charge in [0, 0.05) is 28.7 Å². The third-order valence-electron chi connectivity index (χ3n) is 5.03. The molecule has 26 heavy (non-hydrogen) atoms. The summed E-state index contributed by atoms with van der Waals surface area (Å²) in [7, 11) is 0. The molecule has 3 nitrogen and oxygen atoms in total. The third-order valence-corrected chi connectivity index (χ3v) is 5.50. The van der Waals surface area contributed by atoms with Crippen molar-refractivity contribution in [2.75, 3.05) is 6.54 Å². The van der Waals surface area contributed by atoms with Crippen LogP contribution in [0.1, 0.15) is 22.9 Å². The maximum atomic E-state index is 14.9. The molecule has 1 atom stereocenters. The number of hydrogen-bond acceptors (Lipinski definition) is 2. The molecule has 1 aliphatic heterocycles. The van der Waals surface area contributed by atoms with Crippen LogP contribution in [0.15, 0.2) is 43.0 Å². The van der Waals surface area contributed by atoms with Gasteiger partial charge in [0.05, 0.1) is 11.1 Å². The summed E-state index contributed by atoms with van der Waals surface area (Å²) in [6, 6.07) is 8.39. The summed E-state index contributed by atoms with van der Waals surface area (Å²) in [5, 5.41) is 4.44. The average molecular weight is 369 g/mol. The van der Waals surface area contributed by atoms with Crippen molar-refractivity contribution in [1.82, 2.24) is 10.3 Å². The molecule has 2 aromatic carbocycles. The summed E-state index contributed by atoms with van der Waals surface area (Å²) in [6.07, 6.45) is 2.04. The third kappa shape index (κ3) is 2.49. The molecule has 4 rings (SSSR count). The van der Waals surface area contributed by atoms with Crippen molar-refractivity contribution in [2.24, 2.45) is 0 Å². The fourth-order valence-electron chi connectivity index (χ4n) is 3.83. The first-order chi connectivity index (χ1) is 12.5. The molecule has 2 heterocycles. The van der Waals surface area contributed by atoms with Gasteiger partial charge in [-0.15, -0.1) is 0 Å². The molecule has 2 N–H and O–H groups in total. The number of benzene rings is 2. The summed E-state index contributed by atoms with van der Waals surface area (Å²) in [5.41, 5.74) is 4.73. The highest BCUT2D eigenvalue weighted by atomic mass is 35.5.